The summed E-state index contributed by atoms with van der Waals surface area (Å²) in [6, 6.07) is 1.44. The van der Waals surface area contributed by atoms with E-state index in [1.165, 1.54) is 32.1 Å². The van der Waals surface area contributed by atoms with Crippen LogP contribution in [0.15, 0.2) is 36.5 Å². The van der Waals surface area contributed by atoms with E-state index in [0.717, 1.165) is 24.8 Å². The average molecular weight is 275 g/mol. The topological polar surface area (TPSA) is 12.0 Å². The van der Waals surface area contributed by atoms with Crippen molar-refractivity contribution in [1.29, 1.82) is 0 Å². The lowest BCUT2D eigenvalue weighted by atomic mass is 10.2. The molecular formula is C19H33N. The first-order chi connectivity index (χ1) is 9.74. The van der Waals surface area contributed by atoms with E-state index in [9.17, 15) is 0 Å². The Morgan fingerprint density at radius 1 is 0.950 bits per heavy atom. The van der Waals surface area contributed by atoms with Crippen LogP contribution in [0, 0.1) is 5.92 Å². The van der Waals surface area contributed by atoms with Gasteiger partial charge < -0.3 is 5.32 Å². The Morgan fingerprint density at radius 3 is 2.15 bits per heavy atom. The Balaban J connectivity index is 1.92. The first-order valence-electron chi connectivity index (χ1n) is 8.45. The van der Waals surface area contributed by atoms with Gasteiger partial charge in [-0.25, -0.2) is 0 Å². The summed E-state index contributed by atoms with van der Waals surface area (Å²) in [5, 5.41) is 3.61. The molecular weight excluding hydrogens is 242 g/mol. The summed E-state index contributed by atoms with van der Waals surface area (Å²) in [7, 11) is 0. The van der Waals surface area contributed by atoms with E-state index < -0.39 is 0 Å². The van der Waals surface area contributed by atoms with Crippen molar-refractivity contribution in [3.05, 3.63) is 36.5 Å². The second kappa shape index (κ2) is 10.9. The van der Waals surface area contributed by atoms with E-state index in [0.29, 0.717) is 6.04 Å². The lowest BCUT2D eigenvalue weighted by molar-refractivity contribution is 0.545. The summed E-state index contributed by atoms with van der Waals surface area (Å²) < 4.78 is 0. The van der Waals surface area contributed by atoms with Crippen LogP contribution in [0.1, 0.15) is 65.7 Å². The molecule has 0 bridgehead atoms. The first kappa shape index (κ1) is 17.2. The molecule has 1 N–H and O–H groups in total. The van der Waals surface area contributed by atoms with Crippen molar-refractivity contribution in [2.24, 2.45) is 5.92 Å². The molecule has 1 aliphatic carbocycles. The maximum Gasteiger partial charge on any atom is 0.0102 e. The Hall–Kier alpha value is -0.820. The lowest BCUT2D eigenvalue weighted by Crippen LogP contribution is -2.26. The molecule has 0 aromatic heterocycles. The quantitative estimate of drug-likeness (QED) is 0.498. The third-order valence-electron chi connectivity index (χ3n) is 3.67. The molecule has 20 heavy (non-hydrogen) atoms. The second-order valence-corrected chi connectivity index (χ2v) is 6.18. The van der Waals surface area contributed by atoms with Gasteiger partial charge in [0.2, 0.25) is 0 Å². The van der Waals surface area contributed by atoms with Crippen molar-refractivity contribution >= 4 is 0 Å². The highest BCUT2D eigenvalue weighted by Gasteiger charge is 2.35. The van der Waals surface area contributed by atoms with Gasteiger partial charge >= 0.3 is 0 Å². The molecule has 0 spiro atoms. The van der Waals surface area contributed by atoms with Crippen LogP contribution in [0.2, 0.25) is 0 Å². The van der Waals surface area contributed by atoms with E-state index in [-0.39, 0.29) is 0 Å². The Kier molecular flexibility index (Phi) is 9.40. The van der Waals surface area contributed by atoms with Gasteiger partial charge in [-0.05, 0) is 44.4 Å². The molecule has 2 unspecified atom stereocenters. The minimum atomic E-state index is 0.636. The zero-order valence-corrected chi connectivity index (χ0v) is 13.6. The van der Waals surface area contributed by atoms with Crippen LogP contribution >= 0.6 is 0 Å². The van der Waals surface area contributed by atoms with Gasteiger partial charge in [0.25, 0.3) is 0 Å². The van der Waals surface area contributed by atoms with Crippen molar-refractivity contribution in [2.45, 2.75) is 77.8 Å². The Morgan fingerprint density at radius 2 is 1.55 bits per heavy atom. The van der Waals surface area contributed by atoms with Gasteiger partial charge in [0.1, 0.15) is 0 Å². The van der Waals surface area contributed by atoms with Crippen LogP contribution in [0.25, 0.3) is 0 Å². The van der Waals surface area contributed by atoms with Crippen LogP contribution < -0.4 is 5.32 Å². The van der Waals surface area contributed by atoms with Gasteiger partial charge in [-0.15, -0.1) is 0 Å². The molecule has 1 saturated carbocycles. The molecule has 0 aromatic rings. The van der Waals surface area contributed by atoms with Gasteiger partial charge in [-0.1, -0.05) is 63.6 Å². The van der Waals surface area contributed by atoms with Crippen LogP contribution in [0.4, 0.5) is 0 Å². The first-order valence-corrected chi connectivity index (χ1v) is 8.45. The molecule has 0 heterocycles. The fraction of sp³-hybridized carbons (Fsp3) is 0.684. The zero-order valence-electron chi connectivity index (χ0n) is 13.6. The SMILES string of the molecule is CCC/C=C\C/C=C\C/C=C\CCC1CC1NC(C)C. The lowest BCUT2D eigenvalue weighted by Gasteiger charge is -2.06. The predicted molar refractivity (Wildman–Crippen MR) is 91.0 cm³/mol. The largest absolute Gasteiger partial charge is 0.311 e. The number of hydrogen-bond donors (Lipinski definition) is 1. The summed E-state index contributed by atoms with van der Waals surface area (Å²) in [6.07, 6.45) is 22.3. The van der Waals surface area contributed by atoms with Gasteiger partial charge in [0, 0.05) is 12.1 Å². The maximum absolute atomic E-state index is 3.61. The van der Waals surface area contributed by atoms with Gasteiger partial charge in [-0.2, -0.15) is 0 Å². The second-order valence-electron chi connectivity index (χ2n) is 6.18. The minimum absolute atomic E-state index is 0.636. The fourth-order valence-corrected chi connectivity index (χ4v) is 2.45. The number of nitrogens with one attached hydrogen (secondary N) is 1. The molecule has 1 heteroatoms. The molecule has 0 aromatic carbocycles. The van der Waals surface area contributed by atoms with E-state index in [1.54, 1.807) is 0 Å². The third-order valence-corrected chi connectivity index (χ3v) is 3.67. The normalized spacial score (nSPS) is 22.8. The van der Waals surface area contributed by atoms with Crippen LogP contribution in [0.5, 0.6) is 0 Å². The van der Waals surface area contributed by atoms with Crippen molar-refractivity contribution in [2.75, 3.05) is 0 Å². The average Bonchev–Trinajstić information content (AvgIpc) is 3.13. The molecule has 114 valence electrons. The monoisotopic (exact) mass is 275 g/mol. The molecule has 1 aliphatic rings. The summed E-state index contributed by atoms with van der Waals surface area (Å²) >= 11 is 0. The zero-order chi connectivity index (χ0) is 14.6. The van der Waals surface area contributed by atoms with Crippen molar-refractivity contribution in [1.82, 2.24) is 5.32 Å². The highest BCUT2D eigenvalue weighted by Crippen LogP contribution is 2.35. The predicted octanol–water partition coefficient (Wildman–Crippen LogP) is 5.40. The van der Waals surface area contributed by atoms with Crippen molar-refractivity contribution in [3.8, 4) is 0 Å². The van der Waals surface area contributed by atoms with Gasteiger partial charge in [-0.3, -0.25) is 0 Å². The summed E-state index contributed by atoms with van der Waals surface area (Å²) in [5.41, 5.74) is 0. The molecule has 1 nitrogen and oxygen atoms in total. The molecule has 0 saturated heterocycles. The van der Waals surface area contributed by atoms with Crippen LogP contribution in [0.3, 0.4) is 0 Å². The number of allylic oxidation sites excluding steroid dienone is 6. The minimum Gasteiger partial charge on any atom is -0.311 e. The van der Waals surface area contributed by atoms with E-state index >= 15 is 0 Å². The molecule has 2 atom stereocenters. The van der Waals surface area contributed by atoms with Crippen LogP contribution in [-0.4, -0.2) is 12.1 Å². The smallest absolute Gasteiger partial charge is 0.0102 e. The number of unbranched alkanes of at least 4 members (excludes halogenated alkanes) is 1. The highest BCUT2D eigenvalue weighted by molar-refractivity contribution is 4.99. The number of hydrogen-bond acceptors (Lipinski definition) is 1. The summed E-state index contributed by atoms with van der Waals surface area (Å²) in [5.74, 6) is 0.932. The molecule has 0 radical (unpaired) electrons. The fourth-order valence-electron chi connectivity index (χ4n) is 2.45. The Labute approximate surface area is 126 Å². The molecule has 1 rings (SSSR count). The van der Waals surface area contributed by atoms with E-state index in [1.807, 2.05) is 0 Å². The van der Waals surface area contributed by atoms with Crippen molar-refractivity contribution in [3.63, 3.8) is 0 Å². The molecule has 0 aliphatic heterocycles. The maximum atomic E-state index is 3.61. The third kappa shape index (κ3) is 9.14. The summed E-state index contributed by atoms with van der Waals surface area (Å²) in [6.45, 7) is 6.69. The van der Waals surface area contributed by atoms with Gasteiger partial charge in [0.05, 0.1) is 0 Å². The standard InChI is InChI=1S/C19H33N/c1-4-5-6-7-8-9-10-11-12-13-14-15-18-16-19(18)20-17(2)3/h6-7,9-10,12-13,17-20H,4-5,8,11,14-16H2,1-3H3/b7-6-,10-9-,13-12-. The molecule has 0 amide bonds. The van der Waals surface area contributed by atoms with Crippen molar-refractivity contribution < 1.29 is 0 Å². The summed E-state index contributed by atoms with van der Waals surface area (Å²) in [4.78, 5) is 0. The van der Waals surface area contributed by atoms with E-state index in [2.05, 4.69) is 62.5 Å². The van der Waals surface area contributed by atoms with E-state index in [4.69, 9.17) is 0 Å². The van der Waals surface area contributed by atoms with Gasteiger partial charge in [0.15, 0.2) is 0 Å². The highest BCUT2D eigenvalue weighted by atomic mass is 15.0. The Bertz CT molecular complexity index is 312. The molecule has 1 fully saturated rings. The van der Waals surface area contributed by atoms with Crippen LogP contribution in [-0.2, 0) is 0 Å². The number of rotatable bonds is 11.